The van der Waals surface area contributed by atoms with Crippen molar-refractivity contribution in [1.29, 1.82) is 0 Å². The highest BCUT2D eigenvalue weighted by Gasteiger charge is 2.31. The molecule has 3 heterocycles. The Labute approximate surface area is 278 Å². The molecule has 1 saturated heterocycles. The van der Waals surface area contributed by atoms with Gasteiger partial charge in [-0.3, -0.25) is 19.3 Å². The fraction of sp³-hybridized carbons (Fsp3) is 0.484. The molecule has 0 bridgehead atoms. The summed E-state index contributed by atoms with van der Waals surface area (Å²) >= 11 is 0. The number of piperazine rings is 1. The van der Waals surface area contributed by atoms with Crippen molar-refractivity contribution in [3.63, 3.8) is 0 Å². The van der Waals surface area contributed by atoms with E-state index >= 15 is 0 Å². The van der Waals surface area contributed by atoms with Crippen molar-refractivity contribution in [3.8, 4) is 5.75 Å². The van der Waals surface area contributed by atoms with Crippen LogP contribution in [0.25, 0.3) is 0 Å². The van der Waals surface area contributed by atoms with Crippen molar-refractivity contribution in [2.75, 3.05) is 38.0 Å². The number of halogens is 4. The van der Waals surface area contributed by atoms with E-state index < -0.39 is 41.4 Å². The Kier molecular flexibility index (Phi) is 12.0. The number of hydrogen-bond donors (Lipinski definition) is 2. The molecule has 1 unspecified atom stereocenters. The smallest absolute Gasteiger partial charge is 0.444 e. The molecule has 14 nitrogen and oxygen atoms in total. The quantitative estimate of drug-likeness (QED) is 0.272. The van der Waals surface area contributed by atoms with E-state index in [1.807, 2.05) is 4.90 Å². The van der Waals surface area contributed by atoms with Gasteiger partial charge in [0.25, 0.3) is 11.5 Å². The number of ether oxygens (including phenoxy) is 2. The topological polar surface area (TPSA) is 153 Å². The van der Waals surface area contributed by atoms with Crippen molar-refractivity contribution < 1.29 is 41.4 Å². The lowest BCUT2D eigenvalue weighted by molar-refractivity contribution is -0.274. The molecule has 1 fully saturated rings. The molecule has 1 aromatic carbocycles. The molecule has 2 aromatic heterocycles. The second kappa shape index (κ2) is 15.9. The van der Waals surface area contributed by atoms with Gasteiger partial charge >= 0.3 is 12.5 Å². The predicted octanol–water partition coefficient (Wildman–Crippen LogP) is 3.19. The summed E-state index contributed by atoms with van der Waals surface area (Å²) in [4.78, 5) is 53.3. The molecule has 3 amide bonds. The van der Waals surface area contributed by atoms with E-state index in [0.717, 1.165) is 16.8 Å². The van der Waals surface area contributed by atoms with E-state index in [0.29, 0.717) is 37.4 Å². The lowest BCUT2D eigenvalue weighted by Gasteiger charge is -2.35. The van der Waals surface area contributed by atoms with Crippen molar-refractivity contribution in [2.24, 2.45) is 0 Å². The van der Waals surface area contributed by atoms with Crippen LogP contribution in [-0.2, 0) is 29.2 Å². The number of carbonyl (C=O) groups excluding carboxylic acids is 3. The molecule has 4 rings (SSSR count). The van der Waals surface area contributed by atoms with Crippen molar-refractivity contribution >= 4 is 23.6 Å². The van der Waals surface area contributed by atoms with Gasteiger partial charge in [-0.1, -0.05) is 17.3 Å². The predicted molar refractivity (Wildman–Crippen MR) is 167 cm³/mol. The molecule has 1 atom stereocenters. The van der Waals surface area contributed by atoms with E-state index in [1.165, 1.54) is 41.2 Å². The molecular formula is C31H38F4N8O6. The number of nitrogens with one attached hydrogen (secondary N) is 2. The molecule has 18 heteroatoms. The number of anilines is 1. The first-order chi connectivity index (χ1) is 23.0. The molecule has 0 spiro atoms. The zero-order valence-corrected chi connectivity index (χ0v) is 27.2. The molecule has 1 aliphatic heterocycles. The Morgan fingerprint density at radius 1 is 1.04 bits per heavy atom. The zero-order chi connectivity index (χ0) is 35.8. The summed E-state index contributed by atoms with van der Waals surface area (Å²) in [5, 5.41) is 12.7. The third-order valence-corrected chi connectivity index (χ3v) is 7.10. The van der Waals surface area contributed by atoms with Crippen LogP contribution in [0.3, 0.4) is 0 Å². The van der Waals surface area contributed by atoms with Crippen LogP contribution in [0.15, 0.2) is 53.6 Å². The highest BCUT2D eigenvalue weighted by molar-refractivity contribution is 5.92. The largest absolute Gasteiger partial charge is 0.573 e. The normalized spacial score (nSPS) is 14.6. The van der Waals surface area contributed by atoms with E-state index in [9.17, 15) is 36.7 Å². The number of aromatic nitrogens is 4. The molecule has 49 heavy (non-hydrogen) atoms. The van der Waals surface area contributed by atoms with E-state index in [4.69, 9.17) is 4.74 Å². The van der Waals surface area contributed by atoms with Crippen LogP contribution in [0.2, 0.25) is 0 Å². The maximum atomic E-state index is 14.8. The number of carbonyl (C=O) groups is 3. The number of hydrogen-bond acceptors (Lipinski definition) is 9. The van der Waals surface area contributed by atoms with Gasteiger partial charge in [0.15, 0.2) is 5.69 Å². The molecule has 1 aliphatic rings. The van der Waals surface area contributed by atoms with Crippen LogP contribution < -0.4 is 20.9 Å². The van der Waals surface area contributed by atoms with Gasteiger partial charge in [-0.2, -0.15) is 0 Å². The summed E-state index contributed by atoms with van der Waals surface area (Å²) in [5.74, 6) is -1.41. The summed E-state index contributed by atoms with van der Waals surface area (Å²) < 4.78 is 63.8. The number of nitrogens with zero attached hydrogens (tertiary/aromatic N) is 6. The van der Waals surface area contributed by atoms with Gasteiger partial charge in [0.05, 0.1) is 19.3 Å². The van der Waals surface area contributed by atoms with Gasteiger partial charge in [-0.05, 0) is 51.0 Å². The molecule has 0 aliphatic carbocycles. The van der Waals surface area contributed by atoms with Crippen molar-refractivity contribution in [2.45, 2.75) is 65.0 Å². The van der Waals surface area contributed by atoms with E-state index in [1.54, 1.807) is 25.7 Å². The summed E-state index contributed by atoms with van der Waals surface area (Å²) in [6.07, 6.45) is -4.06. The fourth-order valence-electron chi connectivity index (χ4n) is 4.78. The molecule has 0 saturated carbocycles. The first-order valence-electron chi connectivity index (χ1n) is 15.4. The molecular weight excluding hydrogens is 656 g/mol. The minimum atomic E-state index is -4.85. The van der Waals surface area contributed by atoms with Gasteiger partial charge in [0.2, 0.25) is 5.91 Å². The van der Waals surface area contributed by atoms with Crippen molar-refractivity contribution in [1.82, 2.24) is 34.7 Å². The lowest BCUT2D eigenvalue weighted by atomic mass is 10.2. The Morgan fingerprint density at radius 2 is 1.78 bits per heavy atom. The average molecular weight is 695 g/mol. The summed E-state index contributed by atoms with van der Waals surface area (Å²) in [7, 11) is 0. The lowest BCUT2D eigenvalue weighted by Crippen LogP contribution is -2.51. The SMILES string of the molecule is CC(C)(C)OC(=O)N1CCN(CC(=O)Nc2ccn(CCC(F)Cn3cc(C(=O)NCc4cccc(OC(F)(F)F)c4)nn3)c(=O)c2)CC1. The third kappa shape index (κ3) is 12.2. The molecule has 2 N–H and O–H groups in total. The second-order valence-corrected chi connectivity index (χ2v) is 12.3. The van der Waals surface area contributed by atoms with Crippen LogP contribution in [0.5, 0.6) is 5.75 Å². The number of alkyl halides is 4. The minimum absolute atomic E-state index is 0.0370. The Morgan fingerprint density at radius 3 is 2.45 bits per heavy atom. The Balaban J connectivity index is 1.18. The maximum Gasteiger partial charge on any atom is 0.573 e. The van der Waals surface area contributed by atoms with Gasteiger partial charge in [-0.15, -0.1) is 18.3 Å². The number of pyridine rings is 1. The number of rotatable bonds is 12. The van der Waals surface area contributed by atoms with Crippen LogP contribution in [0.1, 0.15) is 43.2 Å². The summed E-state index contributed by atoms with van der Waals surface area (Å²) in [5.41, 5.74) is -0.501. The van der Waals surface area contributed by atoms with Crippen molar-refractivity contribution in [3.05, 3.63) is 70.4 Å². The monoisotopic (exact) mass is 694 g/mol. The Hall–Kier alpha value is -5.00. The van der Waals surface area contributed by atoms with Gasteiger partial charge in [0.1, 0.15) is 17.5 Å². The summed E-state index contributed by atoms with van der Waals surface area (Å²) in [6.45, 7) is 6.97. The first-order valence-corrected chi connectivity index (χ1v) is 15.4. The second-order valence-electron chi connectivity index (χ2n) is 12.3. The standard InChI is InChI=1S/C31H38F4N8O6/c1-30(2,3)49-29(47)42-13-11-40(12-14-42)20-26(44)37-23-8-10-41(27(45)16-23)9-7-22(32)18-43-19-25(38-39-43)28(46)36-17-21-5-4-6-24(15-21)48-31(33,34)35/h4-6,8,10,15-16,19,22H,7,9,11-14,17-18,20H2,1-3H3,(H,36,46)(H,37,44). The maximum absolute atomic E-state index is 14.8. The molecule has 3 aromatic rings. The van der Waals surface area contributed by atoms with E-state index in [-0.39, 0.29) is 44.2 Å². The number of benzene rings is 1. The molecule has 0 radical (unpaired) electrons. The van der Waals surface area contributed by atoms with E-state index in [2.05, 4.69) is 25.7 Å². The number of amides is 3. The molecule has 266 valence electrons. The fourth-order valence-corrected chi connectivity index (χ4v) is 4.78. The van der Waals surface area contributed by atoms with Crippen LogP contribution in [-0.4, -0.2) is 98.1 Å². The van der Waals surface area contributed by atoms with Crippen LogP contribution in [0.4, 0.5) is 28.0 Å². The minimum Gasteiger partial charge on any atom is -0.444 e. The summed E-state index contributed by atoms with van der Waals surface area (Å²) in [6, 6.07) is 7.90. The highest BCUT2D eigenvalue weighted by Crippen LogP contribution is 2.23. The highest BCUT2D eigenvalue weighted by atomic mass is 19.4. The zero-order valence-electron chi connectivity index (χ0n) is 27.2. The average Bonchev–Trinajstić information content (AvgIpc) is 3.47. The van der Waals surface area contributed by atoms with Gasteiger partial charge < -0.3 is 29.6 Å². The first kappa shape index (κ1) is 36.8. The Bertz CT molecular complexity index is 1660. The third-order valence-electron chi connectivity index (χ3n) is 7.10. The van der Waals surface area contributed by atoms with Gasteiger partial charge in [0, 0.05) is 57.2 Å². The number of aryl methyl sites for hydroxylation is 1. The van der Waals surface area contributed by atoms with Crippen LogP contribution >= 0.6 is 0 Å². The van der Waals surface area contributed by atoms with Crippen LogP contribution in [0, 0.1) is 0 Å². The van der Waals surface area contributed by atoms with Gasteiger partial charge in [-0.25, -0.2) is 13.9 Å².